The summed E-state index contributed by atoms with van der Waals surface area (Å²) < 4.78 is 0. The minimum Gasteiger partial charge on any atom is -0.480 e. The van der Waals surface area contributed by atoms with E-state index in [0.717, 1.165) is 18.8 Å². The summed E-state index contributed by atoms with van der Waals surface area (Å²) in [6.07, 6.45) is 0. The topological polar surface area (TPSA) is 66.6 Å². The average Bonchev–Trinajstić information content (AvgIpc) is 2.29. The number of hydrogen-bond acceptors (Lipinski definition) is 4. The lowest BCUT2D eigenvalue weighted by molar-refractivity contribution is -0.139. The van der Waals surface area contributed by atoms with Crippen molar-refractivity contribution in [2.75, 3.05) is 31.1 Å². The lowest BCUT2D eigenvalue weighted by atomic mass is 10.2. The smallest absolute Gasteiger partial charge is 0.321 e. The molecule has 0 aliphatic carbocycles. The maximum absolute atomic E-state index is 10.6. The number of carbonyl (C=O) groups is 1. The van der Waals surface area contributed by atoms with Gasteiger partial charge in [0.1, 0.15) is 6.04 Å². The number of carboxylic acid groups (broad SMARTS) is 1. The molecule has 3 N–H and O–H groups in total. The Hall–Kier alpha value is -0.260. The average molecular weight is 218 g/mol. The van der Waals surface area contributed by atoms with Crippen molar-refractivity contribution in [3.8, 4) is 0 Å². The zero-order chi connectivity index (χ0) is 10.6. The third kappa shape index (κ3) is 3.86. The quantitative estimate of drug-likeness (QED) is 0.702. The first-order chi connectivity index (χ1) is 6.59. The molecule has 0 amide bonds. The van der Waals surface area contributed by atoms with Crippen molar-refractivity contribution in [2.24, 2.45) is 11.7 Å². The molecule has 0 aromatic heterocycles. The fourth-order valence-electron chi connectivity index (χ4n) is 1.59. The number of aliphatic carboxylic acids is 1. The van der Waals surface area contributed by atoms with Crippen LogP contribution in [0.2, 0.25) is 0 Å². The van der Waals surface area contributed by atoms with Gasteiger partial charge in [-0.25, -0.2) is 0 Å². The molecule has 1 aliphatic rings. The Morgan fingerprint density at radius 1 is 1.79 bits per heavy atom. The molecule has 0 aromatic carbocycles. The van der Waals surface area contributed by atoms with Crippen LogP contribution in [0.1, 0.15) is 6.92 Å². The van der Waals surface area contributed by atoms with Crippen LogP contribution in [0, 0.1) is 5.92 Å². The second kappa shape index (κ2) is 5.58. The number of nitrogens with zero attached hydrogens (tertiary/aromatic N) is 1. The summed E-state index contributed by atoms with van der Waals surface area (Å²) in [6, 6.07) is -0.745. The first-order valence-corrected chi connectivity index (χ1v) is 6.03. The molecule has 1 heterocycles. The van der Waals surface area contributed by atoms with Crippen LogP contribution in [0.5, 0.6) is 0 Å². The van der Waals surface area contributed by atoms with Gasteiger partial charge in [-0.3, -0.25) is 4.79 Å². The van der Waals surface area contributed by atoms with Gasteiger partial charge in [-0.2, -0.15) is 11.8 Å². The molecule has 0 saturated carbocycles. The van der Waals surface area contributed by atoms with E-state index in [4.69, 9.17) is 10.8 Å². The van der Waals surface area contributed by atoms with E-state index in [1.165, 1.54) is 5.75 Å². The van der Waals surface area contributed by atoms with E-state index in [1.54, 1.807) is 0 Å². The van der Waals surface area contributed by atoms with Gasteiger partial charge in [-0.15, -0.1) is 0 Å². The number of rotatable bonds is 3. The zero-order valence-corrected chi connectivity index (χ0v) is 9.30. The summed E-state index contributed by atoms with van der Waals surface area (Å²) in [6.45, 7) is 4.59. The van der Waals surface area contributed by atoms with Crippen LogP contribution in [0.25, 0.3) is 0 Å². The van der Waals surface area contributed by atoms with Crippen LogP contribution in [0.15, 0.2) is 0 Å². The van der Waals surface area contributed by atoms with Gasteiger partial charge in [0.2, 0.25) is 0 Å². The van der Waals surface area contributed by atoms with Crippen LogP contribution in [0.4, 0.5) is 0 Å². The highest BCUT2D eigenvalue weighted by molar-refractivity contribution is 7.99. The van der Waals surface area contributed by atoms with Crippen molar-refractivity contribution in [2.45, 2.75) is 13.0 Å². The van der Waals surface area contributed by atoms with E-state index in [-0.39, 0.29) is 0 Å². The van der Waals surface area contributed by atoms with Gasteiger partial charge in [-0.05, 0) is 11.7 Å². The molecule has 1 fully saturated rings. The van der Waals surface area contributed by atoms with Crippen molar-refractivity contribution >= 4 is 17.7 Å². The predicted octanol–water partition coefficient (Wildman–Crippen LogP) is 0.0832. The molecule has 0 aromatic rings. The number of carboxylic acids is 1. The Morgan fingerprint density at radius 3 is 3.14 bits per heavy atom. The fourth-order valence-corrected chi connectivity index (χ4v) is 2.65. The molecule has 2 unspecified atom stereocenters. The third-order valence-electron chi connectivity index (χ3n) is 2.30. The van der Waals surface area contributed by atoms with E-state index < -0.39 is 12.0 Å². The first kappa shape index (κ1) is 11.8. The number of nitrogens with two attached hydrogens (primary N) is 1. The first-order valence-electron chi connectivity index (χ1n) is 4.88. The third-order valence-corrected chi connectivity index (χ3v) is 3.57. The van der Waals surface area contributed by atoms with Crippen LogP contribution >= 0.6 is 11.8 Å². The van der Waals surface area contributed by atoms with E-state index in [1.807, 2.05) is 11.8 Å². The standard InChI is InChI=1S/C9H18N2O2S/c1-7-4-11(2-3-14-6-7)5-8(10)9(12)13/h7-8H,2-6,10H2,1H3,(H,12,13). The molecule has 2 atom stereocenters. The molecule has 0 spiro atoms. The zero-order valence-electron chi connectivity index (χ0n) is 8.48. The monoisotopic (exact) mass is 218 g/mol. The minimum absolute atomic E-state index is 0.472. The Labute approximate surface area is 88.8 Å². The molecule has 0 radical (unpaired) electrons. The Bertz CT molecular complexity index is 201. The van der Waals surface area contributed by atoms with Crippen molar-refractivity contribution in [3.05, 3.63) is 0 Å². The van der Waals surface area contributed by atoms with E-state index in [2.05, 4.69) is 11.8 Å². The lowest BCUT2D eigenvalue weighted by Gasteiger charge is -2.23. The molecule has 1 rings (SSSR count). The maximum atomic E-state index is 10.6. The van der Waals surface area contributed by atoms with Gasteiger partial charge in [-0.1, -0.05) is 6.92 Å². The van der Waals surface area contributed by atoms with E-state index in [9.17, 15) is 4.79 Å². The van der Waals surface area contributed by atoms with E-state index in [0.29, 0.717) is 12.5 Å². The van der Waals surface area contributed by atoms with Crippen LogP contribution in [-0.4, -0.2) is 53.2 Å². The van der Waals surface area contributed by atoms with Crippen LogP contribution in [0.3, 0.4) is 0 Å². The molecule has 4 nitrogen and oxygen atoms in total. The maximum Gasteiger partial charge on any atom is 0.321 e. The molecular weight excluding hydrogens is 200 g/mol. The van der Waals surface area contributed by atoms with E-state index >= 15 is 0 Å². The van der Waals surface area contributed by atoms with Crippen molar-refractivity contribution < 1.29 is 9.90 Å². The summed E-state index contributed by atoms with van der Waals surface area (Å²) in [7, 11) is 0. The fraction of sp³-hybridized carbons (Fsp3) is 0.889. The lowest BCUT2D eigenvalue weighted by Crippen LogP contribution is -2.44. The second-order valence-electron chi connectivity index (χ2n) is 3.88. The summed E-state index contributed by atoms with van der Waals surface area (Å²) in [4.78, 5) is 12.7. The largest absolute Gasteiger partial charge is 0.480 e. The summed E-state index contributed by atoms with van der Waals surface area (Å²) >= 11 is 1.93. The van der Waals surface area contributed by atoms with Gasteiger partial charge in [0.05, 0.1) is 0 Å². The van der Waals surface area contributed by atoms with Gasteiger partial charge in [0.25, 0.3) is 0 Å². The Morgan fingerprint density at radius 2 is 2.50 bits per heavy atom. The molecule has 1 saturated heterocycles. The highest BCUT2D eigenvalue weighted by Crippen LogP contribution is 2.15. The highest BCUT2D eigenvalue weighted by atomic mass is 32.2. The molecule has 82 valence electrons. The number of hydrogen-bond donors (Lipinski definition) is 2. The Kier molecular flexibility index (Phi) is 4.71. The predicted molar refractivity (Wildman–Crippen MR) is 58.5 cm³/mol. The van der Waals surface area contributed by atoms with Crippen LogP contribution in [-0.2, 0) is 4.79 Å². The van der Waals surface area contributed by atoms with Gasteiger partial charge < -0.3 is 15.7 Å². The highest BCUT2D eigenvalue weighted by Gasteiger charge is 2.20. The van der Waals surface area contributed by atoms with Gasteiger partial charge in [0.15, 0.2) is 0 Å². The SMILES string of the molecule is CC1CSCCN(CC(N)C(=O)O)C1. The summed E-state index contributed by atoms with van der Waals surface area (Å²) in [5.41, 5.74) is 5.50. The van der Waals surface area contributed by atoms with Gasteiger partial charge >= 0.3 is 5.97 Å². The normalized spacial score (nSPS) is 26.9. The van der Waals surface area contributed by atoms with Crippen molar-refractivity contribution in [1.29, 1.82) is 0 Å². The number of thioether (sulfide) groups is 1. The second-order valence-corrected chi connectivity index (χ2v) is 5.03. The molecule has 1 aliphatic heterocycles. The minimum atomic E-state index is -0.908. The van der Waals surface area contributed by atoms with Crippen LogP contribution < -0.4 is 5.73 Å². The molecule has 14 heavy (non-hydrogen) atoms. The molecular formula is C9H18N2O2S. The summed E-state index contributed by atoms with van der Waals surface area (Å²) in [5, 5.41) is 8.69. The summed E-state index contributed by atoms with van der Waals surface area (Å²) in [5.74, 6) is 1.97. The van der Waals surface area contributed by atoms with Crippen molar-refractivity contribution in [3.63, 3.8) is 0 Å². The molecule has 0 bridgehead atoms. The Balaban J connectivity index is 2.38. The van der Waals surface area contributed by atoms with Gasteiger partial charge in [0, 0.05) is 25.4 Å². The molecule has 5 heteroatoms. The van der Waals surface area contributed by atoms with Crippen molar-refractivity contribution in [1.82, 2.24) is 4.90 Å².